The predicted molar refractivity (Wildman–Crippen MR) is 200 cm³/mol. The summed E-state index contributed by atoms with van der Waals surface area (Å²) in [6.07, 6.45) is 5.34. The Kier molecular flexibility index (Phi) is 9.73. The zero-order valence-electron chi connectivity index (χ0n) is 27.4. The fraction of sp³-hybridized carbons (Fsp3) is 0. The van der Waals surface area contributed by atoms with Crippen LogP contribution >= 0.6 is 0 Å². The first-order valence-corrected chi connectivity index (χ1v) is 19.5. The molecule has 3 aliphatic carbocycles. The summed E-state index contributed by atoms with van der Waals surface area (Å²) >= 11 is 0. The van der Waals surface area contributed by atoms with Gasteiger partial charge >= 0.3 is 0 Å². The molecule has 6 rings (SSSR count). The van der Waals surface area contributed by atoms with Crippen molar-refractivity contribution in [2.75, 3.05) is 21.9 Å². The number of nitrogens with two attached hydrogens (primary N) is 1. The Morgan fingerprint density at radius 3 is 2.00 bits per heavy atom. The van der Waals surface area contributed by atoms with Gasteiger partial charge < -0.3 is 16.5 Å². The second-order valence-corrected chi connectivity index (χ2v) is 15.9. The fourth-order valence-electron chi connectivity index (χ4n) is 5.40. The van der Waals surface area contributed by atoms with E-state index in [0.717, 1.165) is 30.4 Å². The van der Waals surface area contributed by atoms with Gasteiger partial charge in [-0.25, -0.2) is 0 Å². The number of anilines is 4. The molecule has 0 heterocycles. The number of amides is 1. The Morgan fingerprint density at radius 1 is 0.745 bits per heavy atom. The van der Waals surface area contributed by atoms with E-state index in [1.807, 2.05) is 0 Å². The van der Waals surface area contributed by atoms with Crippen LogP contribution in [-0.4, -0.2) is 67.8 Å². The zero-order valence-corrected chi connectivity index (χ0v) is 29.9. The lowest BCUT2D eigenvalue weighted by molar-refractivity contribution is -0.111. The number of nitrogen functional groups attached to an aromatic ring is 1. The lowest BCUT2D eigenvalue weighted by Gasteiger charge is -2.22. The summed E-state index contributed by atoms with van der Waals surface area (Å²) in [6.45, 7) is 0. The molecule has 0 unspecified atom stereocenters. The van der Waals surface area contributed by atoms with E-state index in [1.165, 1.54) is 60.7 Å². The maximum atomic E-state index is 13.2. The number of Topliss-reactive ketones (excluding diaryl/α,β-unsaturated/α-hetero) is 1. The van der Waals surface area contributed by atoms with Crippen molar-refractivity contribution in [2.24, 2.45) is 5.10 Å². The zero-order chi connectivity index (χ0) is 40.0. The van der Waals surface area contributed by atoms with E-state index in [9.17, 15) is 53.3 Å². The van der Waals surface area contributed by atoms with Crippen LogP contribution in [0, 0.1) is 5.41 Å². The van der Waals surface area contributed by atoms with Crippen LogP contribution in [0.2, 0.25) is 0 Å². The Bertz CT molecular complexity index is 2780. The molecular formula is C33H25N7O12S3. The van der Waals surface area contributed by atoms with Crippen molar-refractivity contribution in [2.45, 2.75) is 4.90 Å². The average molecular weight is 808 g/mol. The normalized spacial score (nSPS) is 16.5. The van der Waals surface area contributed by atoms with Crippen LogP contribution < -0.4 is 27.3 Å². The Labute approximate surface area is 311 Å². The van der Waals surface area contributed by atoms with Gasteiger partial charge in [0, 0.05) is 23.0 Å². The van der Waals surface area contributed by atoms with Gasteiger partial charge in [0.25, 0.3) is 36.3 Å². The second-order valence-electron chi connectivity index (χ2n) is 11.7. The van der Waals surface area contributed by atoms with Gasteiger partial charge in [0.2, 0.25) is 5.78 Å². The summed E-state index contributed by atoms with van der Waals surface area (Å²) in [6, 6.07) is 13.4. The number of nitrogens with zero attached hydrogens (tertiary/aromatic N) is 1. The summed E-state index contributed by atoms with van der Waals surface area (Å²) in [5, 5.41) is 14.7. The van der Waals surface area contributed by atoms with E-state index in [0.29, 0.717) is 11.4 Å². The van der Waals surface area contributed by atoms with Crippen molar-refractivity contribution in [3.8, 4) is 0 Å². The molecule has 3 aromatic rings. The number of rotatable bonds is 10. The minimum Gasteiger partial charge on any atom is -0.398 e. The molecule has 282 valence electrons. The molecule has 0 aliphatic heterocycles. The summed E-state index contributed by atoms with van der Waals surface area (Å²) in [4.78, 5) is 36.6. The molecule has 0 saturated heterocycles. The summed E-state index contributed by atoms with van der Waals surface area (Å²) in [5.74, 6) is -2.33. The number of allylic oxidation sites excluding steroid dienone is 7. The van der Waals surface area contributed by atoms with Gasteiger partial charge in [-0.3, -0.25) is 44.3 Å². The molecule has 0 saturated carbocycles. The molecule has 19 nitrogen and oxygen atoms in total. The lowest BCUT2D eigenvalue weighted by atomic mass is 9.89. The smallest absolute Gasteiger partial charge is 0.296 e. The van der Waals surface area contributed by atoms with Crippen LogP contribution in [0.4, 0.5) is 22.7 Å². The molecule has 10 N–H and O–H groups in total. The molecule has 0 spiro atoms. The van der Waals surface area contributed by atoms with Gasteiger partial charge in [-0.15, -0.1) is 0 Å². The van der Waals surface area contributed by atoms with Gasteiger partial charge in [-0.2, -0.15) is 30.4 Å². The largest absolute Gasteiger partial charge is 0.398 e. The topological polar surface area (TPSA) is 325 Å². The molecule has 55 heavy (non-hydrogen) atoms. The third-order valence-electron chi connectivity index (χ3n) is 7.98. The Balaban J connectivity index is 1.11. The second kappa shape index (κ2) is 14.0. The van der Waals surface area contributed by atoms with E-state index in [4.69, 9.17) is 11.1 Å². The van der Waals surface area contributed by atoms with Crippen LogP contribution in [0.5, 0.6) is 0 Å². The number of ketones is 2. The number of carbonyl (C=O) groups is 3. The molecule has 1 amide bonds. The number of nitrogens with one attached hydrogen (secondary N) is 5. The lowest BCUT2D eigenvalue weighted by Crippen LogP contribution is -2.31. The Hall–Kier alpha value is -6.56. The quantitative estimate of drug-likeness (QED) is 0.0808. The van der Waals surface area contributed by atoms with Gasteiger partial charge in [0.1, 0.15) is 4.91 Å². The minimum atomic E-state index is -5.08. The van der Waals surface area contributed by atoms with E-state index >= 15 is 0 Å². The van der Waals surface area contributed by atoms with Gasteiger partial charge in [-0.1, -0.05) is 6.08 Å². The van der Waals surface area contributed by atoms with Crippen LogP contribution in [0.1, 0.15) is 26.3 Å². The summed E-state index contributed by atoms with van der Waals surface area (Å²) in [5.41, 5.74) is 13.4. The third kappa shape index (κ3) is 8.03. The van der Waals surface area contributed by atoms with Crippen molar-refractivity contribution < 1.29 is 53.3 Å². The minimum absolute atomic E-state index is 0.00863. The van der Waals surface area contributed by atoms with Crippen LogP contribution in [-0.2, 0) is 35.1 Å². The van der Waals surface area contributed by atoms with E-state index in [2.05, 4.69) is 26.7 Å². The van der Waals surface area contributed by atoms with Gasteiger partial charge in [0.05, 0.1) is 43.7 Å². The fourth-order valence-corrected chi connectivity index (χ4v) is 7.14. The molecule has 3 aliphatic rings. The standard InChI is InChI=1S/C33H25N7O12S3/c34-24-10-3-17-11-23(54(47,48)49)15-26(41)29(17)30(24)39-37-20-4-1-16(2-5-20)33(43)36-19-6-8-21(9-7-19)38-40-31-27(55(50,51)52)13-18-12-22(53(44,45)46)14-25(35)28(18)32(31)42/h1-15,34,37-39H,35H2,(H,36,43)(H,44,45,46)(H,47,48,49)(H,50,51,52)/b34-24?,40-31+. The monoisotopic (exact) mass is 807 g/mol. The predicted octanol–water partition coefficient (Wildman–Crippen LogP) is 2.70. The van der Waals surface area contributed by atoms with E-state index < -0.39 is 73.9 Å². The van der Waals surface area contributed by atoms with Crippen molar-refractivity contribution in [1.82, 2.24) is 5.43 Å². The highest BCUT2D eigenvalue weighted by molar-refractivity contribution is 7.91. The van der Waals surface area contributed by atoms with Gasteiger partial charge in [0.15, 0.2) is 11.5 Å². The van der Waals surface area contributed by atoms with Crippen LogP contribution in [0.15, 0.2) is 122 Å². The molecule has 0 bridgehead atoms. The molecule has 0 fully saturated rings. The summed E-state index contributed by atoms with van der Waals surface area (Å²) in [7, 11) is -14.5. The van der Waals surface area contributed by atoms with E-state index in [1.54, 1.807) is 0 Å². The molecule has 22 heteroatoms. The molecule has 0 radical (unpaired) electrons. The summed E-state index contributed by atoms with van der Waals surface area (Å²) < 4.78 is 99.0. The number of benzene rings is 3. The van der Waals surface area contributed by atoms with Crippen molar-refractivity contribution in [1.29, 1.82) is 5.41 Å². The Morgan fingerprint density at radius 2 is 1.38 bits per heavy atom. The third-order valence-corrected chi connectivity index (χ3v) is 10.5. The van der Waals surface area contributed by atoms with Crippen molar-refractivity contribution in [3.05, 3.63) is 128 Å². The first-order chi connectivity index (χ1) is 25.7. The van der Waals surface area contributed by atoms with Gasteiger partial charge in [-0.05, 0) is 90.0 Å². The molecular weight excluding hydrogens is 783 g/mol. The molecule has 3 aromatic carbocycles. The average Bonchev–Trinajstić information content (AvgIpc) is 3.10. The number of carbonyl (C=O) groups excluding carboxylic acids is 3. The van der Waals surface area contributed by atoms with E-state index in [-0.39, 0.29) is 44.9 Å². The highest BCUT2D eigenvalue weighted by Crippen LogP contribution is 2.33. The number of hydrazone groups is 1. The van der Waals surface area contributed by atoms with Crippen LogP contribution in [0.3, 0.4) is 0 Å². The number of hydrogen-bond donors (Lipinski definition) is 9. The number of fused-ring (bicyclic) bond motifs is 2. The van der Waals surface area contributed by atoms with Crippen molar-refractivity contribution in [3.63, 3.8) is 0 Å². The first-order valence-electron chi connectivity index (χ1n) is 15.2. The number of hydrazine groups is 1. The number of hydrogen-bond acceptors (Lipinski definition) is 15. The van der Waals surface area contributed by atoms with Crippen molar-refractivity contribution >= 4 is 88.1 Å². The highest BCUT2D eigenvalue weighted by Gasteiger charge is 2.35. The SMILES string of the molecule is N=C1C=CC2=CC(S(=O)(=O)O)=CC(=O)C2=C1NNc1ccc(C(=O)Nc2ccc(N/N=C3/C(=O)c4c(N)cc(S(=O)(=O)O)cc4C=C3S(=O)(=O)O)cc2)cc1. The van der Waals surface area contributed by atoms with Crippen LogP contribution in [0.25, 0.3) is 6.08 Å². The first kappa shape index (κ1) is 38.2. The highest BCUT2D eigenvalue weighted by atomic mass is 32.2. The maximum Gasteiger partial charge on any atom is 0.296 e. The molecule has 0 atom stereocenters. The molecule has 0 aromatic heterocycles. The maximum absolute atomic E-state index is 13.2.